The lowest BCUT2D eigenvalue weighted by Gasteiger charge is -2.43. The monoisotopic (exact) mass is 471 g/mol. The van der Waals surface area contributed by atoms with Gasteiger partial charge in [0.05, 0.1) is 6.61 Å². The fourth-order valence-corrected chi connectivity index (χ4v) is 8.66. The standard InChI is InChI=1S/C28H29NO4Si/c1-5-31-27(30)25-20-26(32-29-25)21-13-12-14-22(19-21)33-34(28(2,3)4,23-15-8-6-9-16-23)24-17-10-7-11-18-24/h6-20H,5H2,1-4H3. The van der Waals surface area contributed by atoms with Gasteiger partial charge in [0.25, 0.3) is 0 Å². The van der Waals surface area contributed by atoms with E-state index in [9.17, 15) is 4.79 Å². The third kappa shape index (κ3) is 4.54. The summed E-state index contributed by atoms with van der Waals surface area (Å²) in [6.45, 7) is 8.76. The smallest absolute Gasteiger partial charge is 0.360 e. The summed E-state index contributed by atoms with van der Waals surface area (Å²) < 4.78 is 17.5. The second-order valence-corrected chi connectivity index (χ2v) is 13.3. The van der Waals surface area contributed by atoms with E-state index in [-0.39, 0.29) is 17.3 Å². The first-order valence-corrected chi connectivity index (χ1v) is 13.3. The number of nitrogens with zero attached hydrogens (tertiary/aromatic N) is 1. The molecule has 174 valence electrons. The third-order valence-corrected chi connectivity index (χ3v) is 10.7. The van der Waals surface area contributed by atoms with Gasteiger partial charge in [-0.1, -0.05) is 98.7 Å². The average Bonchev–Trinajstić information content (AvgIpc) is 3.34. The Hall–Kier alpha value is -3.64. The summed E-state index contributed by atoms with van der Waals surface area (Å²) in [6, 6.07) is 30.3. The van der Waals surface area contributed by atoms with Crippen LogP contribution in [0.1, 0.15) is 38.2 Å². The van der Waals surface area contributed by atoms with Crippen LogP contribution in [0.3, 0.4) is 0 Å². The lowest BCUT2D eigenvalue weighted by molar-refractivity contribution is 0.0514. The van der Waals surface area contributed by atoms with Crippen molar-refractivity contribution in [3.05, 3.63) is 96.7 Å². The van der Waals surface area contributed by atoms with Crippen LogP contribution in [0.25, 0.3) is 11.3 Å². The largest absolute Gasteiger partial charge is 0.534 e. The molecule has 0 atom stereocenters. The van der Waals surface area contributed by atoms with Crippen LogP contribution in [0, 0.1) is 0 Å². The van der Waals surface area contributed by atoms with E-state index >= 15 is 0 Å². The summed E-state index contributed by atoms with van der Waals surface area (Å²) in [4.78, 5) is 12.0. The van der Waals surface area contributed by atoms with E-state index in [0.29, 0.717) is 5.76 Å². The van der Waals surface area contributed by atoms with Gasteiger partial charge in [0.2, 0.25) is 0 Å². The molecule has 1 heterocycles. The number of esters is 1. The van der Waals surface area contributed by atoms with Gasteiger partial charge in [-0.15, -0.1) is 0 Å². The Morgan fingerprint density at radius 3 is 2.06 bits per heavy atom. The van der Waals surface area contributed by atoms with Gasteiger partial charge < -0.3 is 13.7 Å². The first kappa shape index (κ1) is 23.5. The molecule has 4 aromatic rings. The van der Waals surface area contributed by atoms with Crippen LogP contribution in [0.5, 0.6) is 5.75 Å². The topological polar surface area (TPSA) is 61.6 Å². The van der Waals surface area contributed by atoms with Crippen LogP contribution in [0.15, 0.2) is 95.5 Å². The van der Waals surface area contributed by atoms with E-state index < -0.39 is 14.3 Å². The molecule has 0 saturated carbocycles. The molecule has 0 aliphatic carbocycles. The average molecular weight is 472 g/mol. The molecule has 0 aliphatic heterocycles. The Labute approximate surface area is 201 Å². The molecule has 0 radical (unpaired) electrons. The summed E-state index contributed by atoms with van der Waals surface area (Å²) in [5, 5.41) is 6.11. The molecule has 0 aliphatic rings. The number of carbonyl (C=O) groups is 1. The number of hydrogen-bond acceptors (Lipinski definition) is 5. The van der Waals surface area contributed by atoms with Crippen molar-refractivity contribution in [2.75, 3.05) is 6.61 Å². The summed E-state index contributed by atoms with van der Waals surface area (Å²) in [7, 11) is -2.76. The van der Waals surface area contributed by atoms with Crippen molar-refractivity contribution < 1.29 is 18.5 Å². The molecule has 0 amide bonds. The van der Waals surface area contributed by atoms with Gasteiger partial charge in [0, 0.05) is 11.6 Å². The number of benzene rings is 3. The van der Waals surface area contributed by atoms with Crippen molar-refractivity contribution in [3.8, 4) is 17.1 Å². The summed E-state index contributed by atoms with van der Waals surface area (Å²) in [5.74, 6) is 0.717. The second-order valence-electron chi connectivity index (χ2n) is 9.09. The minimum atomic E-state index is -2.76. The molecule has 0 saturated heterocycles. The van der Waals surface area contributed by atoms with E-state index in [0.717, 1.165) is 11.3 Å². The number of rotatable bonds is 7. The van der Waals surface area contributed by atoms with Crippen molar-refractivity contribution in [1.29, 1.82) is 0 Å². The summed E-state index contributed by atoms with van der Waals surface area (Å²) >= 11 is 0. The van der Waals surface area contributed by atoms with Gasteiger partial charge in [-0.2, -0.15) is 0 Å². The molecule has 0 bridgehead atoms. The van der Waals surface area contributed by atoms with Gasteiger partial charge in [0.1, 0.15) is 5.75 Å². The van der Waals surface area contributed by atoms with Gasteiger partial charge in [-0.05, 0) is 34.5 Å². The molecule has 3 aromatic carbocycles. The molecule has 6 heteroatoms. The highest BCUT2D eigenvalue weighted by molar-refractivity contribution is 7.00. The highest BCUT2D eigenvalue weighted by Crippen LogP contribution is 2.38. The fourth-order valence-electron chi connectivity index (χ4n) is 4.25. The van der Waals surface area contributed by atoms with Gasteiger partial charge >= 0.3 is 14.3 Å². The van der Waals surface area contributed by atoms with Crippen LogP contribution < -0.4 is 14.8 Å². The van der Waals surface area contributed by atoms with Crippen LogP contribution >= 0.6 is 0 Å². The molecular weight excluding hydrogens is 442 g/mol. The number of carbonyl (C=O) groups excluding carboxylic acids is 1. The van der Waals surface area contributed by atoms with Gasteiger partial charge in [-0.25, -0.2) is 4.79 Å². The zero-order valence-corrected chi connectivity index (χ0v) is 20.9. The molecule has 0 spiro atoms. The van der Waals surface area contributed by atoms with Crippen LogP contribution in [0.2, 0.25) is 5.04 Å². The Bertz CT molecular complexity index is 1210. The maximum absolute atomic E-state index is 12.0. The Morgan fingerprint density at radius 1 is 0.882 bits per heavy atom. The van der Waals surface area contributed by atoms with Crippen LogP contribution in [-0.2, 0) is 4.74 Å². The minimum Gasteiger partial charge on any atom is -0.534 e. The second kappa shape index (κ2) is 9.69. The number of aromatic nitrogens is 1. The maximum atomic E-state index is 12.0. The number of ether oxygens (including phenoxy) is 1. The van der Waals surface area contributed by atoms with Crippen LogP contribution in [0.4, 0.5) is 0 Å². The summed E-state index contributed by atoms with van der Waals surface area (Å²) in [6.07, 6.45) is 0. The van der Waals surface area contributed by atoms with E-state index in [1.165, 1.54) is 10.4 Å². The Kier molecular flexibility index (Phi) is 6.70. The normalized spacial score (nSPS) is 11.8. The van der Waals surface area contributed by atoms with E-state index in [2.05, 4.69) is 74.5 Å². The van der Waals surface area contributed by atoms with Crippen molar-refractivity contribution in [1.82, 2.24) is 5.16 Å². The van der Waals surface area contributed by atoms with E-state index in [4.69, 9.17) is 13.7 Å². The molecule has 0 fully saturated rings. The first-order chi connectivity index (χ1) is 16.3. The van der Waals surface area contributed by atoms with Crippen molar-refractivity contribution in [2.45, 2.75) is 32.7 Å². The lowest BCUT2D eigenvalue weighted by atomic mass is 10.1. The molecule has 1 aromatic heterocycles. The van der Waals surface area contributed by atoms with Crippen LogP contribution in [-0.4, -0.2) is 26.1 Å². The predicted octanol–water partition coefficient (Wildman–Crippen LogP) is 5.46. The SMILES string of the molecule is CCOC(=O)c1cc(-c2cccc(O[Si](c3ccccc3)(c3ccccc3)C(C)(C)C)c2)on1. The van der Waals surface area contributed by atoms with Gasteiger partial charge in [0.15, 0.2) is 11.5 Å². The Balaban J connectivity index is 1.79. The summed E-state index contributed by atoms with van der Waals surface area (Å²) in [5.41, 5.74) is 0.925. The van der Waals surface area contributed by atoms with E-state index in [1.54, 1.807) is 13.0 Å². The molecule has 0 unspecified atom stereocenters. The zero-order valence-electron chi connectivity index (χ0n) is 19.9. The quantitative estimate of drug-likeness (QED) is 0.265. The van der Waals surface area contributed by atoms with E-state index in [1.807, 2.05) is 36.4 Å². The number of hydrogen-bond donors (Lipinski definition) is 0. The third-order valence-electron chi connectivity index (χ3n) is 5.80. The Morgan fingerprint density at radius 2 is 1.50 bits per heavy atom. The van der Waals surface area contributed by atoms with Crippen molar-refractivity contribution >= 4 is 24.7 Å². The molecule has 5 nitrogen and oxygen atoms in total. The van der Waals surface area contributed by atoms with Gasteiger partial charge in [-0.3, -0.25) is 0 Å². The van der Waals surface area contributed by atoms with Crippen molar-refractivity contribution in [3.63, 3.8) is 0 Å². The molecule has 34 heavy (non-hydrogen) atoms. The fraction of sp³-hybridized carbons (Fsp3) is 0.214. The lowest BCUT2D eigenvalue weighted by Crippen LogP contribution is -2.68. The van der Waals surface area contributed by atoms with Crippen molar-refractivity contribution in [2.24, 2.45) is 0 Å². The highest BCUT2D eigenvalue weighted by Gasteiger charge is 2.52. The molecular formula is C28H29NO4Si. The predicted molar refractivity (Wildman–Crippen MR) is 136 cm³/mol. The highest BCUT2D eigenvalue weighted by atomic mass is 28.4. The molecule has 4 rings (SSSR count). The first-order valence-electron chi connectivity index (χ1n) is 11.4. The maximum Gasteiger partial charge on any atom is 0.360 e. The molecule has 0 N–H and O–H groups in total. The zero-order chi connectivity index (χ0) is 24.2. The minimum absolute atomic E-state index is 0.148.